The van der Waals surface area contributed by atoms with E-state index in [9.17, 15) is 9.18 Å². The molecule has 1 aromatic carbocycles. The van der Waals surface area contributed by atoms with E-state index in [-0.39, 0.29) is 11.7 Å². The average molecular weight is 268 g/mol. The lowest BCUT2D eigenvalue weighted by molar-refractivity contribution is -0.113. The van der Waals surface area contributed by atoms with Crippen molar-refractivity contribution in [2.24, 2.45) is 5.92 Å². The molecule has 18 heavy (non-hydrogen) atoms. The van der Waals surface area contributed by atoms with Crippen molar-refractivity contribution in [2.45, 2.75) is 6.92 Å². The van der Waals surface area contributed by atoms with Gasteiger partial charge in [0.15, 0.2) is 0 Å². The smallest absolute Gasteiger partial charge is 0.234 e. The van der Waals surface area contributed by atoms with E-state index < -0.39 is 0 Å². The van der Waals surface area contributed by atoms with E-state index >= 15 is 0 Å². The number of anilines is 1. The molecular weight excluding hydrogens is 251 g/mol. The Kier molecular flexibility index (Phi) is 4.60. The molecule has 1 aliphatic heterocycles. The standard InChI is InChI=1S/C13H17FN2OS/c1-9-2-3-11(14)4-12(9)16-13(17)8-18-7-10-5-15-6-10/h2-4,10,15H,5-8H2,1H3,(H,16,17). The number of halogens is 1. The number of thioether (sulfide) groups is 1. The zero-order valence-corrected chi connectivity index (χ0v) is 11.1. The number of rotatable bonds is 5. The summed E-state index contributed by atoms with van der Waals surface area (Å²) in [4.78, 5) is 11.7. The molecule has 2 rings (SSSR count). The molecule has 1 fully saturated rings. The van der Waals surface area contributed by atoms with Crippen LogP contribution in [0, 0.1) is 18.7 Å². The summed E-state index contributed by atoms with van der Waals surface area (Å²) in [6.45, 7) is 3.96. The third-order valence-corrected chi connectivity index (χ3v) is 4.10. The van der Waals surface area contributed by atoms with Crippen LogP contribution in [0.15, 0.2) is 18.2 Å². The molecule has 1 heterocycles. The van der Waals surface area contributed by atoms with Crippen molar-refractivity contribution in [1.29, 1.82) is 0 Å². The van der Waals surface area contributed by atoms with Crippen LogP contribution in [-0.4, -0.2) is 30.5 Å². The van der Waals surface area contributed by atoms with Gasteiger partial charge in [0.25, 0.3) is 0 Å². The molecular formula is C13H17FN2OS. The maximum absolute atomic E-state index is 13.0. The predicted molar refractivity (Wildman–Crippen MR) is 73.5 cm³/mol. The molecule has 0 aromatic heterocycles. The number of carbonyl (C=O) groups excluding carboxylic acids is 1. The van der Waals surface area contributed by atoms with Gasteiger partial charge in [0.1, 0.15) is 5.82 Å². The highest BCUT2D eigenvalue weighted by Crippen LogP contribution is 2.17. The summed E-state index contributed by atoms with van der Waals surface area (Å²) in [5, 5.41) is 5.94. The second-order valence-corrected chi connectivity index (χ2v) is 5.58. The summed E-state index contributed by atoms with van der Waals surface area (Å²) < 4.78 is 13.0. The van der Waals surface area contributed by atoms with Gasteiger partial charge in [-0.05, 0) is 49.4 Å². The molecule has 1 amide bonds. The van der Waals surface area contributed by atoms with Crippen LogP contribution >= 0.6 is 11.8 Å². The first-order valence-corrected chi connectivity index (χ1v) is 7.15. The van der Waals surface area contributed by atoms with Gasteiger partial charge in [-0.3, -0.25) is 4.79 Å². The summed E-state index contributed by atoms with van der Waals surface area (Å²) in [5.74, 6) is 1.72. The zero-order chi connectivity index (χ0) is 13.0. The minimum atomic E-state index is -0.330. The highest BCUT2D eigenvalue weighted by Gasteiger charge is 2.16. The van der Waals surface area contributed by atoms with Gasteiger partial charge in [0.05, 0.1) is 5.75 Å². The monoisotopic (exact) mass is 268 g/mol. The Morgan fingerprint density at radius 2 is 2.33 bits per heavy atom. The van der Waals surface area contributed by atoms with E-state index in [4.69, 9.17) is 0 Å². The van der Waals surface area contributed by atoms with Crippen molar-refractivity contribution < 1.29 is 9.18 Å². The Balaban J connectivity index is 1.77. The predicted octanol–water partition coefficient (Wildman–Crippen LogP) is 2.03. The fraction of sp³-hybridized carbons (Fsp3) is 0.462. The first kappa shape index (κ1) is 13.4. The molecule has 0 aliphatic carbocycles. The molecule has 1 saturated heterocycles. The molecule has 0 saturated carbocycles. The lowest BCUT2D eigenvalue weighted by Gasteiger charge is -2.26. The van der Waals surface area contributed by atoms with Gasteiger partial charge < -0.3 is 10.6 Å². The zero-order valence-electron chi connectivity index (χ0n) is 10.3. The van der Waals surface area contributed by atoms with E-state index in [0.717, 1.165) is 24.4 Å². The van der Waals surface area contributed by atoms with E-state index in [2.05, 4.69) is 10.6 Å². The van der Waals surface area contributed by atoms with Crippen molar-refractivity contribution in [3.63, 3.8) is 0 Å². The topological polar surface area (TPSA) is 41.1 Å². The molecule has 0 bridgehead atoms. The van der Waals surface area contributed by atoms with Gasteiger partial charge in [-0.25, -0.2) is 4.39 Å². The first-order chi connectivity index (χ1) is 8.65. The first-order valence-electron chi connectivity index (χ1n) is 5.99. The van der Waals surface area contributed by atoms with Crippen LogP contribution in [0.5, 0.6) is 0 Å². The van der Waals surface area contributed by atoms with Crippen LogP contribution < -0.4 is 10.6 Å². The highest BCUT2D eigenvalue weighted by atomic mass is 32.2. The summed E-state index contributed by atoms with van der Waals surface area (Å²) in [6.07, 6.45) is 0. The Morgan fingerprint density at radius 3 is 3.00 bits per heavy atom. The second-order valence-electron chi connectivity index (χ2n) is 4.55. The van der Waals surface area contributed by atoms with E-state index in [1.165, 1.54) is 12.1 Å². The third-order valence-electron chi connectivity index (χ3n) is 2.93. The minimum absolute atomic E-state index is 0.0685. The fourth-order valence-corrected chi connectivity index (χ4v) is 2.64. The molecule has 0 unspecified atom stereocenters. The van der Waals surface area contributed by atoms with Crippen LogP contribution in [0.3, 0.4) is 0 Å². The van der Waals surface area contributed by atoms with E-state index in [0.29, 0.717) is 17.4 Å². The van der Waals surface area contributed by atoms with Crippen molar-refractivity contribution in [3.05, 3.63) is 29.6 Å². The molecule has 5 heteroatoms. The van der Waals surface area contributed by atoms with Crippen molar-refractivity contribution in [3.8, 4) is 0 Å². The van der Waals surface area contributed by atoms with Gasteiger partial charge in [0, 0.05) is 5.69 Å². The van der Waals surface area contributed by atoms with Gasteiger partial charge in [-0.15, -0.1) is 0 Å². The fourth-order valence-electron chi connectivity index (χ4n) is 1.70. The Hall–Kier alpha value is -1.07. The quantitative estimate of drug-likeness (QED) is 0.858. The number of carbonyl (C=O) groups is 1. The second kappa shape index (κ2) is 6.20. The van der Waals surface area contributed by atoms with Gasteiger partial charge in [-0.2, -0.15) is 11.8 Å². The number of hydrogen-bond donors (Lipinski definition) is 2. The summed E-state index contributed by atoms with van der Waals surface area (Å²) in [5.41, 5.74) is 1.43. The maximum Gasteiger partial charge on any atom is 0.234 e. The average Bonchev–Trinajstić information content (AvgIpc) is 2.27. The number of hydrogen-bond acceptors (Lipinski definition) is 3. The summed E-state index contributed by atoms with van der Waals surface area (Å²) >= 11 is 1.63. The third kappa shape index (κ3) is 3.71. The SMILES string of the molecule is Cc1ccc(F)cc1NC(=O)CSCC1CNC1. The normalized spacial score (nSPS) is 15.2. The molecule has 0 radical (unpaired) electrons. The van der Waals surface area contributed by atoms with Crippen LogP contribution in [0.1, 0.15) is 5.56 Å². The van der Waals surface area contributed by atoms with Gasteiger partial charge >= 0.3 is 0 Å². The van der Waals surface area contributed by atoms with Crippen LogP contribution in [0.4, 0.5) is 10.1 Å². The van der Waals surface area contributed by atoms with E-state index in [1.807, 2.05) is 6.92 Å². The van der Waals surface area contributed by atoms with Crippen molar-refractivity contribution >= 4 is 23.4 Å². The van der Waals surface area contributed by atoms with E-state index in [1.54, 1.807) is 17.8 Å². The number of amides is 1. The number of benzene rings is 1. The Morgan fingerprint density at radius 1 is 1.56 bits per heavy atom. The van der Waals surface area contributed by atoms with Gasteiger partial charge in [-0.1, -0.05) is 6.07 Å². The Bertz CT molecular complexity index is 435. The summed E-state index contributed by atoms with van der Waals surface area (Å²) in [7, 11) is 0. The molecule has 1 aliphatic rings. The van der Waals surface area contributed by atoms with Crippen LogP contribution in [0.2, 0.25) is 0 Å². The lowest BCUT2D eigenvalue weighted by Crippen LogP contribution is -2.43. The Labute approximate surface area is 111 Å². The molecule has 0 atom stereocenters. The van der Waals surface area contributed by atoms with Crippen LogP contribution in [-0.2, 0) is 4.79 Å². The largest absolute Gasteiger partial charge is 0.325 e. The minimum Gasteiger partial charge on any atom is -0.325 e. The molecule has 0 spiro atoms. The number of nitrogens with one attached hydrogen (secondary N) is 2. The maximum atomic E-state index is 13.0. The van der Waals surface area contributed by atoms with Crippen molar-refractivity contribution in [1.82, 2.24) is 5.32 Å². The molecule has 1 aromatic rings. The lowest BCUT2D eigenvalue weighted by atomic mass is 10.1. The number of aryl methyl sites for hydroxylation is 1. The summed E-state index contributed by atoms with van der Waals surface area (Å²) in [6, 6.07) is 4.41. The highest BCUT2D eigenvalue weighted by molar-refractivity contribution is 7.99. The van der Waals surface area contributed by atoms with Crippen LogP contribution in [0.25, 0.3) is 0 Å². The van der Waals surface area contributed by atoms with Crippen molar-refractivity contribution in [2.75, 3.05) is 29.9 Å². The molecule has 2 N–H and O–H groups in total. The molecule has 3 nitrogen and oxygen atoms in total. The molecule has 98 valence electrons. The van der Waals surface area contributed by atoms with Gasteiger partial charge in [0.2, 0.25) is 5.91 Å².